The highest BCUT2D eigenvalue weighted by molar-refractivity contribution is 5.90. The largest absolute Gasteiger partial charge is 0.353 e. The van der Waals surface area contributed by atoms with Gasteiger partial charge in [0.25, 0.3) is 0 Å². The van der Waals surface area contributed by atoms with Crippen LogP contribution in [0.3, 0.4) is 0 Å². The second kappa shape index (κ2) is 9.01. The highest BCUT2D eigenvalue weighted by Gasteiger charge is 2.22. The van der Waals surface area contributed by atoms with Gasteiger partial charge in [0, 0.05) is 38.4 Å². The van der Waals surface area contributed by atoms with Crippen molar-refractivity contribution in [3.8, 4) is 0 Å². The molecule has 5 rings (SSSR count). The van der Waals surface area contributed by atoms with E-state index in [9.17, 15) is 4.79 Å². The summed E-state index contributed by atoms with van der Waals surface area (Å²) >= 11 is 0. The lowest BCUT2D eigenvalue weighted by Gasteiger charge is -2.35. The van der Waals surface area contributed by atoms with E-state index in [1.54, 1.807) is 12.5 Å². The molecule has 0 radical (unpaired) electrons. The Kier molecular flexibility index (Phi) is 5.61. The Morgan fingerprint density at radius 2 is 1.66 bits per heavy atom. The Bertz CT molecular complexity index is 1220. The molecule has 0 bridgehead atoms. The van der Waals surface area contributed by atoms with E-state index < -0.39 is 0 Å². The number of nitrogens with one attached hydrogen (secondary N) is 1. The molecular weight excluding hydrogens is 400 g/mol. The molecule has 4 aromatic rings. The van der Waals surface area contributed by atoms with Crippen molar-refractivity contribution >= 4 is 34.1 Å². The Morgan fingerprint density at radius 1 is 0.844 bits per heavy atom. The van der Waals surface area contributed by atoms with Crippen molar-refractivity contribution in [1.82, 2.24) is 19.9 Å². The monoisotopic (exact) mass is 424 g/mol. The first-order valence-corrected chi connectivity index (χ1v) is 10.8. The van der Waals surface area contributed by atoms with Crippen molar-refractivity contribution in [1.29, 1.82) is 0 Å². The number of amides is 1. The van der Waals surface area contributed by atoms with Crippen LogP contribution in [0.4, 0.5) is 17.5 Å². The van der Waals surface area contributed by atoms with Crippen LogP contribution in [0.25, 0.3) is 10.8 Å². The summed E-state index contributed by atoms with van der Waals surface area (Å²) in [5.74, 6) is 2.45. The fourth-order valence-electron chi connectivity index (χ4n) is 4.06. The summed E-state index contributed by atoms with van der Waals surface area (Å²) in [6.07, 6.45) is 3.71. The van der Waals surface area contributed by atoms with Crippen molar-refractivity contribution in [3.63, 3.8) is 0 Å². The van der Waals surface area contributed by atoms with Gasteiger partial charge in [0.2, 0.25) is 5.91 Å². The number of hydrogen-bond donors (Lipinski definition) is 1. The fourth-order valence-corrected chi connectivity index (χ4v) is 4.06. The standard InChI is InChI=1S/C25H24N6O/c32-25(16-20-8-5-7-19-6-1-2-9-21(19)20)31-14-12-30(13-15-31)24-17-23(27-18-28-24)29-22-10-3-4-11-26-22/h1-11,17-18H,12-16H2,(H,26,27,28,29). The molecule has 1 saturated heterocycles. The molecule has 2 aromatic carbocycles. The van der Waals surface area contributed by atoms with Gasteiger partial charge in [-0.2, -0.15) is 0 Å². The first kappa shape index (κ1) is 19.9. The lowest BCUT2D eigenvalue weighted by molar-refractivity contribution is -0.130. The minimum Gasteiger partial charge on any atom is -0.353 e. The van der Waals surface area contributed by atoms with E-state index in [-0.39, 0.29) is 5.91 Å². The normalized spacial score (nSPS) is 13.9. The lowest BCUT2D eigenvalue weighted by Crippen LogP contribution is -2.49. The molecule has 1 amide bonds. The van der Waals surface area contributed by atoms with Crippen molar-refractivity contribution in [2.24, 2.45) is 0 Å². The number of anilines is 3. The molecule has 160 valence electrons. The molecule has 3 heterocycles. The third-order valence-electron chi connectivity index (χ3n) is 5.75. The molecule has 7 heteroatoms. The number of pyridine rings is 1. The van der Waals surface area contributed by atoms with Crippen molar-refractivity contribution in [2.75, 3.05) is 36.4 Å². The smallest absolute Gasteiger partial charge is 0.227 e. The zero-order valence-electron chi connectivity index (χ0n) is 17.7. The van der Waals surface area contributed by atoms with E-state index in [2.05, 4.69) is 43.4 Å². The van der Waals surface area contributed by atoms with Gasteiger partial charge in [0.1, 0.15) is 23.8 Å². The number of nitrogens with zero attached hydrogens (tertiary/aromatic N) is 5. The quantitative estimate of drug-likeness (QED) is 0.527. The maximum absolute atomic E-state index is 13.0. The topological polar surface area (TPSA) is 74.2 Å². The van der Waals surface area contributed by atoms with Gasteiger partial charge in [-0.1, -0.05) is 48.5 Å². The zero-order chi connectivity index (χ0) is 21.8. The molecular formula is C25H24N6O. The summed E-state index contributed by atoms with van der Waals surface area (Å²) in [4.78, 5) is 30.1. The Labute approximate surface area is 186 Å². The predicted molar refractivity (Wildman–Crippen MR) is 126 cm³/mol. The minimum atomic E-state index is 0.168. The van der Waals surface area contributed by atoms with Gasteiger partial charge in [-0.3, -0.25) is 4.79 Å². The van der Waals surface area contributed by atoms with E-state index in [1.165, 1.54) is 5.39 Å². The van der Waals surface area contributed by atoms with E-state index >= 15 is 0 Å². The van der Waals surface area contributed by atoms with Gasteiger partial charge in [-0.25, -0.2) is 15.0 Å². The molecule has 1 fully saturated rings. The number of fused-ring (bicyclic) bond motifs is 1. The van der Waals surface area contributed by atoms with E-state index in [0.29, 0.717) is 25.3 Å². The van der Waals surface area contributed by atoms with Crippen LogP contribution in [-0.2, 0) is 11.2 Å². The minimum absolute atomic E-state index is 0.168. The third-order valence-corrected chi connectivity index (χ3v) is 5.75. The third kappa shape index (κ3) is 4.37. The van der Waals surface area contributed by atoms with E-state index in [0.717, 1.165) is 35.7 Å². The van der Waals surface area contributed by atoms with Crippen LogP contribution in [0.1, 0.15) is 5.56 Å². The molecule has 0 atom stereocenters. The van der Waals surface area contributed by atoms with Crippen LogP contribution in [0, 0.1) is 0 Å². The van der Waals surface area contributed by atoms with Gasteiger partial charge in [0.15, 0.2) is 0 Å². The summed E-state index contributed by atoms with van der Waals surface area (Å²) in [6, 6.07) is 22.0. The van der Waals surface area contributed by atoms with Crippen molar-refractivity contribution in [3.05, 3.63) is 84.8 Å². The summed E-state index contributed by atoms with van der Waals surface area (Å²) < 4.78 is 0. The predicted octanol–water partition coefficient (Wildman–Crippen LogP) is 3.66. The molecule has 0 spiro atoms. The van der Waals surface area contributed by atoms with Crippen LogP contribution in [0.15, 0.2) is 79.3 Å². The second-order valence-corrected chi connectivity index (χ2v) is 7.78. The SMILES string of the molecule is O=C(Cc1cccc2ccccc12)N1CCN(c2cc(Nc3ccccn3)ncn2)CC1. The fraction of sp³-hybridized carbons (Fsp3) is 0.200. The van der Waals surface area contributed by atoms with Gasteiger partial charge in [-0.15, -0.1) is 0 Å². The van der Waals surface area contributed by atoms with Crippen LogP contribution >= 0.6 is 0 Å². The Morgan fingerprint density at radius 3 is 2.50 bits per heavy atom. The molecule has 0 unspecified atom stereocenters. The summed E-state index contributed by atoms with van der Waals surface area (Å²) in [5, 5.41) is 5.52. The van der Waals surface area contributed by atoms with Crippen LogP contribution < -0.4 is 10.2 Å². The number of aromatic nitrogens is 3. The number of hydrogen-bond acceptors (Lipinski definition) is 6. The highest BCUT2D eigenvalue weighted by atomic mass is 16.2. The average Bonchev–Trinajstić information content (AvgIpc) is 2.85. The van der Waals surface area contributed by atoms with Crippen molar-refractivity contribution < 1.29 is 4.79 Å². The molecule has 1 aliphatic rings. The summed E-state index contributed by atoms with van der Waals surface area (Å²) in [5.41, 5.74) is 1.08. The molecule has 1 N–H and O–H groups in total. The molecule has 0 aliphatic carbocycles. The highest BCUT2D eigenvalue weighted by Crippen LogP contribution is 2.21. The van der Waals surface area contributed by atoms with Crippen LogP contribution in [0.5, 0.6) is 0 Å². The Balaban J connectivity index is 1.21. The maximum Gasteiger partial charge on any atom is 0.227 e. The van der Waals surface area contributed by atoms with Crippen LogP contribution in [-0.4, -0.2) is 51.9 Å². The lowest BCUT2D eigenvalue weighted by atomic mass is 10.0. The first-order valence-electron chi connectivity index (χ1n) is 10.8. The average molecular weight is 425 g/mol. The molecule has 2 aromatic heterocycles. The van der Waals surface area contributed by atoms with Gasteiger partial charge in [0.05, 0.1) is 6.42 Å². The second-order valence-electron chi connectivity index (χ2n) is 7.78. The number of rotatable bonds is 5. The molecule has 32 heavy (non-hydrogen) atoms. The van der Waals surface area contributed by atoms with Crippen LogP contribution in [0.2, 0.25) is 0 Å². The zero-order valence-corrected chi connectivity index (χ0v) is 17.7. The maximum atomic E-state index is 13.0. The molecule has 7 nitrogen and oxygen atoms in total. The summed E-state index contributed by atoms with van der Waals surface area (Å²) in [6.45, 7) is 2.83. The number of carbonyl (C=O) groups excluding carboxylic acids is 1. The van der Waals surface area contributed by atoms with Gasteiger partial charge in [-0.05, 0) is 28.5 Å². The Hall–Kier alpha value is -4.00. The van der Waals surface area contributed by atoms with E-state index in [1.807, 2.05) is 53.4 Å². The number of piperazine rings is 1. The van der Waals surface area contributed by atoms with E-state index in [4.69, 9.17) is 0 Å². The molecule has 0 saturated carbocycles. The molecule has 1 aliphatic heterocycles. The van der Waals surface area contributed by atoms with Gasteiger partial charge < -0.3 is 15.1 Å². The van der Waals surface area contributed by atoms with Crippen molar-refractivity contribution in [2.45, 2.75) is 6.42 Å². The van der Waals surface area contributed by atoms with Gasteiger partial charge >= 0.3 is 0 Å². The number of carbonyl (C=O) groups is 1. The first-order chi connectivity index (χ1) is 15.8. The number of benzene rings is 2. The summed E-state index contributed by atoms with van der Waals surface area (Å²) in [7, 11) is 0.